The number of hydrogen-bond acceptors (Lipinski definition) is 2. The summed E-state index contributed by atoms with van der Waals surface area (Å²) in [5.41, 5.74) is 1.42. The van der Waals surface area contributed by atoms with Crippen molar-refractivity contribution in [2.75, 3.05) is 23.0 Å². The Kier molecular flexibility index (Phi) is 31.4. The van der Waals surface area contributed by atoms with Crippen LogP contribution in [0.25, 0.3) is 0 Å². The van der Waals surface area contributed by atoms with E-state index in [4.69, 9.17) is 0 Å². The number of allylic oxidation sites excluding steroid dienone is 3. The first kappa shape index (κ1) is 43.2. The normalized spacial score (nSPS) is 17.9. The highest BCUT2D eigenvalue weighted by Gasteiger charge is 2.22. The Morgan fingerprint density at radius 2 is 1.09 bits per heavy atom. The van der Waals surface area contributed by atoms with Crippen LogP contribution < -0.4 is 0 Å². The molecule has 0 amide bonds. The fourth-order valence-corrected chi connectivity index (χ4v) is 9.13. The topological polar surface area (TPSA) is 0 Å². The van der Waals surface area contributed by atoms with Crippen molar-refractivity contribution in [1.29, 1.82) is 0 Å². The van der Waals surface area contributed by atoms with Gasteiger partial charge in [-0.2, -0.15) is 23.5 Å². The van der Waals surface area contributed by atoms with Gasteiger partial charge < -0.3 is 0 Å². The van der Waals surface area contributed by atoms with Crippen LogP contribution in [-0.2, 0) is 0 Å². The van der Waals surface area contributed by atoms with Crippen LogP contribution in [0.4, 0.5) is 0 Å². The first-order chi connectivity index (χ1) is 22.0. The predicted molar refractivity (Wildman–Crippen MR) is 214 cm³/mol. The summed E-state index contributed by atoms with van der Waals surface area (Å²) in [6.07, 6.45) is 43.3. The van der Waals surface area contributed by atoms with Crippen molar-refractivity contribution >= 4 is 23.5 Å². The number of rotatable bonds is 33. The van der Waals surface area contributed by atoms with Gasteiger partial charge in [-0.3, -0.25) is 0 Å². The van der Waals surface area contributed by atoms with E-state index in [1.165, 1.54) is 202 Å². The van der Waals surface area contributed by atoms with Gasteiger partial charge in [0, 0.05) is 0 Å². The van der Waals surface area contributed by atoms with Crippen LogP contribution in [0.5, 0.6) is 0 Å². The Morgan fingerprint density at radius 3 is 1.62 bits per heavy atom. The van der Waals surface area contributed by atoms with E-state index in [0.29, 0.717) is 0 Å². The van der Waals surface area contributed by atoms with Gasteiger partial charge in [0.25, 0.3) is 0 Å². The molecule has 0 bridgehead atoms. The lowest BCUT2D eigenvalue weighted by atomic mass is 9.76. The van der Waals surface area contributed by atoms with Crippen LogP contribution in [-0.4, -0.2) is 23.0 Å². The molecule has 1 rings (SSSR count). The summed E-state index contributed by atoms with van der Waals surface area (Å²) in [6, 6.07) is 0. The molecular weight excluding hydrogens is 581 g/mol. The van der Waals surface area contributed by atoms with Gasteiger partial charge in [0.05, 0.1) is 0 Å². The Hall–Kier alpha value is 0.180. The smallest absolute Gasteiger partial charge is 0.00675 e. The van der Waals surface area contributed by atoms with Crippen molar-refractivity contribution in [2.24, 2.45) is 23.7 Å². The van der Waals surface area contributed by atoms with E-state index < -0.39 is 0 Å². The molecule has 0 nitrogen and oxygen atoms in total. The molecule has 0 aromatic rings. The highest BCUT2D eigenvalue weighted by molar-refractivity contribution is 7.99. The highest BCUT2D eigenvalue weighted by Crippen LogP contribution is 2.36. The fourth-order valence-electron chi connectivity index (χ4n) is 7.09. The lowest BCUT2D eigenvalue weighted by Crippen LogP contribution is -2.15. The summed E-state index contributed by atoms with van der Waals surface area (Å²) >= 11 is 4.41. The molecule has 0 heterocycles. The average Bonchev–Trinajstić information content (AvgIpc) is 3.03. The van der Waals surface area contributed by atoms with Gasteiger partial charge in [0.15, 0.2) is 0 Å². The monoisotopic (exact) mass is 663 g/mol. The maximum absolute atomic E-state index is 4.47. The maximum Gasteiger partial charge on any atom is -0.00675 e. The van der Waals surface area contributed by atoms with Crippen molar-refractivity contribution in [1.82, 2.24) is 0 Å². The molecule has 1 fully saturated rings. The van der Waals surface area contributed by atoms with Crippen molar-refractivity contribution in [3.8, 4) is 0 Å². The van der Waals surface area contributed by atoms with E-state index in [1.54, 1.807) is 0 Å². The summed E-state index contributed by atoms with van der Waals surface area (Å²) < 4.78 is 0. The van der Waals surface area contributed by atoms with Gasteiger partial charge in [0.1, 0.15) is 0 Å². The van der Waals surface area contributed by atoms with Gasteiger partial charge in [0.2, 0.25) is 0 Å². The Labute approximate surface area is 294 Å². The lowest BCUT2D eigenvalue weighted by Gasteiger charge is -2.29. The zero-order valence-corrected chi connectivity index (χ0v) is 33.0. The molecule has 1 saturated carbocycles. The minimum absolute atomic E-state index is 0.758. The molecular formula is C43H82S2. The third kappa shape index (κ3) is 28.9. The van der Waals surface area contributed by atoms with Gasteiger partial charge >= 0.3 is 0 Å². The molecule has 0 aromatic heterocycles. The van der Waals surface area contributed by atoms with Crippen LogP contribution in [0.2, 0.25) is 0 Å². The number of thioether (sulfide) groups is 2. The second kappa shape index (κ2) is 32.7. The minimum atomic E-state index is 0.758. The Balaban J connectivity index is 1.81. The van der Waals surface area contributed by atoms with Crippen LogP contribution in [0.15, 0.2) is 24.3 Å². The van der Waals surface area contributed by atoms with Crippen LogP contribution >= 0.6 is 23.5 Å². The van der Waals surface area contributed by atoms with Gasteiger partial charge in [-0.05, 0) is 111 Å². The quantitative estimate of drug-likeness (QED) is 0.0506. The zero-order valence-electron chi connectivity index (χ0n) is 31.4. The zero-order chi connectivity index (χ0) is 32.6. The molecule has 0 spiro atoms. The van der Waals surface area contributed by atoms with E-state index in [-0.39, 0.29) is 0 Å². The second-order valence-electron chi connectivity index (χ2n) is 15.4. The average molecular weight is 663 g/mol. The molecule has 266 valence electrons. The minimum Gasteiger partial charge on any atom is -0.162 e. The van der Waals surface area contributed by atoms with E-state index in [0.717, 1.165) is 23.7 Å². The molecule has 1 unspecified atom stereocenters. The van der Waals surface area contributed by atoms with E-state index in [9.17, 15) is 0 Å². The van der Waals surface area contributed by atoms with Crippen LogP contribution in [0.1, 0.15) is 201 Å². The van der Waals surface area contributed by atoms with Crippen LogP contribution in [0, 0.1) is 23.7 Å². The van der Waals surface area contributed by atoms with Crippen molar-refractivity contribution in [3.05, 3.63) is 24.3 Å². The SMILES string of the molecule is C=C(/C=C\CCCCCCSCCCCCCCCSCCCCCCCC)C1CCC(CCCC(C)CCCC(C)C)CC1. The number of unbranched alkanes of at least 4 members (excludes halogenated alkanes) is 14. The van der Waals surface area contributed by atoms with Crippen molar-refractivity contribution in [3.63, 3.8) is 0 Å². The second-order valence-corrected chi connectivity index (χ2v) is 17.8. The molecule has 0 aromatic carbocycles. The molecule has 2 heteroatoms. The first-order valence-corrected chi connectivity index (χ1v) is 22.8. The molecule has 45 heavy (non-hydrogen) atoms. The lowest BCUT2D eigenvalue weighted by molar-refractivity contribution is 0.277. The summed E-state index contributed by atoms with van der Waals surface area (Å²) in [7, 11) is 0. The molecule has 0 aliphatic heterocycles. The highest BCUT2D eigenvalue weighted by atomic mass is 32.2. The van der Waals surface area contributed by atoms with Gasteiger partial charge in [-0.25, -0.2) is 0 Å². The summed E-state index contributed by atoms with van der Waals surface area (Å²) in [5, 5.41) is 0. The summed E-state index contributed by atoms with van der Waals surface area (Å²) in [6.45, 7) is 14.0. The van der Waals surface area contributed by atoms with E-state index in [2.05, 4.69) is 69.9 Å². The van der Waals surface area contributed by atoms with Gasteiger partial charge in [-0.1, -0.05) is 161 Å². The Bertz CT molecular complexity index is 644. The largest absolute Gasteiger partial charge is 0.162 e. The molecule has 1 aliphatic rings. The van der Waals surface area contributed by atoms with Crippen LogP contribution in [0.3, 0.4) is 0 Å². The first-order valence-electron chi connectivity index (χ1n) is 20.5. The molecule has 0 saturated heterocycles. The Morgan fingerprint density at radius 1 is 0.600 bits per heavy atom. The number of hydrogen-bond donors (Lipinski definition) is 0. The van der Waals surface area contributed by atoms with E-state index >= 15 is 0 Å². The standard InChI is InChI=1S/C43H82S2/c1-6-7-8-9-15-20-35-44-37-22-17-12-13-18-23-38-45-36-21-16-11-10-14-19-29-41(5)43-33-31-42(32-34-43)30-25-28-40(4)27-24-26-39(2)3/h19,29,39-40,42-43H,5-18,20-28,30-38H2,1-4H3/b29-19-. The summed E-state index contributed by atoms with van der Waals surface area (Å²) in [5.74, 6) is 9.11. The summed E-state index contributed by atoms with van der Waals surface area (Å²) in [4.78, 5) is 0. The van der Waals surface area contributed by atoms with Gasteiger partial charge in [-0.15, -0.1) is 0 Å². The predicted octanol–water partition coefficient (Wildman–Crippen LogP) is 15.7. The third-order valence-electron chi connectivity index (χ3n) is 10.4. The third-order valence-corrected chi connectivity index (χ3v) is 12.7. The molecule has 0 N–H and O–H groups in total. The molecule has 0 radical (unpaired) electrons. The fraction of sp³-hybridized carbons (Fsp3) is 0.907. The van der Waals surface area contributed by atoms with Crippen molar-refractivity contribution < 1.29 is 0 Å². The van der Waals surface area contributed by atoms with E-state index in [1.807, 2.05) is 0 Å². The van der Waals surface area contributed by atoms with Crippen molar-refractivity contribution in [2.45, 2.75) is 201 Å². The molecule has 1 atom stereocenters. The maximum atomic E-state index is 4.47. The molecule has 1 aliphatic carbocycles.